The molecule has 6 nitrogen and oxygen atoms in total. The van der Waals surface area contributed by atoms with Gasteiger partial charge in [-0.15, -0.1) is 0 Å². The summed E-state index contributed by atoms with van der Waals surface area (Å²) >= 11 is 0. The minimum Gasteiger partial charge on any atom is -0.508 e. The van der Waals surface area contributed by atoms with Crippen molar-refractivity contribution >= 4 is 11.8 Å². The Morgan fingerprint density at radius 1 is 1.48 bits per heavy atom. The number of ether oxygens (including phenoxy) is 1. The number of aromatic hydroxyl groups is 1. The number of oxime groups is 1. The normalized spacial score (nSPS) is 21.2. The van der Waals surface area contributed by atoms with E-state index in [1.165, 1.54) is 0 Å². The molecule has 1 saturated heterocycles. The van der Waals surface area contributed by atoms with E-state index in [2.05, 4.69) is 30.8 Å². The fraction of sp³-hybridized carbons (Fsp3) is 0.474. The molecule has 132 valence electrons. The molecule has 2 aliphatic heterocycles. The molecule has 1 fully saturated rings. The third kappa shape index (κ3) is 4.05. The molecule has 1 aromatic carbocycles. The number of rotatable bonds is 3. The maximum Gasteiger partial charge on any atom is 0.412 e. The Bertz CT molecular complexity index is 732. The van der Waals surface area contributed by atoms with E-state index in [1.54, 1.807) is 23.1 Å². The number of fused-ring (bicyclic) bond motifs is 1. The lowest BCUT2D eigenvalue weighted by Crippen LogP contribution is -2.38. The van der Waals surface area contributed by atoms with E-state index in [9.17, 15) is 9.90 Å². The first-order valence-corrected chi connectivity index (χ1v) is 8.53. The van der Waals surface area contributed by atoms with Gasteiger partial charge in [-0.25, -0.2) is 4.79 Å². The van der Waals surface area contributed by atoms with Gasteiger partial charge in [-0.05, 0) is 42.9 Å². The number of benzene rings is 1. The second kappa shape index (κ2) is 7.47. The van der Waals surface area contributed by atoms with Gasteiger partial charge in [-0.2, -0.15) is 0 Å². The number of carbonyl (C=O) groups is 1. The highest BCUT2D eigenvalue weighted by Gasteiger charge is 2.46. The zero-order valence-corrected chi connectivity index (χ0v) is 14.4. The standard InChI is InChI=1S/C19H22N2O4/c1-13(2)9-11-24-19(23)21-10-8-16-17(20-25-18(16)21)7-6-14-4-3-5-15(22)12-14/h3-5,12-13,16,18,22H,8-11H2,1-2H3. The van der Waals surface area contributed by atoms with Crippen molar-refractivity contribution in [1.29, 1.82) is 0 Å². The molecule has 0 spiro atoms. The SMILES string of the molecule is CC(C)CCOC(=O)N1CCC2C(C#Cc3cccc(O)c3)=NOC21. The zero-order chi connectivity index (χ0) is 17.8. The number of likely N-dealkylation sites (tertiary alicyclic amines) is 1. The number of carbonyl (C=O) groups excluding carboxylic acids is 1. The van der Waals surface area contributed by atoms with Gasteiger partial charge < -0.3 is 14.7 Å². The van der Waals surface area contributed by atoms with E-state index >= 15 is 0 Å². The summed E-state index contributed by atoms with van der Waals surface area (Å²) in [6.07, 6.45) is 0.800. The first-order valence-electron chi connectivity index (χ1n) is 8.53. The summed E-state index contributed by atoms with van der Waals surface area (Å²) in [7, 11) is 0. The number of phenols is 1. The van der Waals surface area contributed by atoms with Crippen molar-refractivity contribution in [2.45, 2.75) is 32.9 Å². The maximum absolute atomic E-state index is 12.2. The largest absolute Gasteiger partial charge is 0.508 e. The minimum atomic E-state index is -0.431. The second-order valence-electron chi connectivity index (χ2n) is 6.66. The van der Waals surface area contributed by atoms with Crippen LogP contribution in [0.15, 0.2) is 29.4 Å². The molecule has 3 rings (SSSR count). The Kier molecular flexibility index (Phi) is 5.13. The molecule has 25 heavy (non-hydrogen) atoms. The quantitative estimate of drug-likeness (QED) is 0.857. The van der Waals surface area contributed by atoms with Crippen molar-refractivity contribution in [2.75, 3.05) is 13.2 Å². The molecule has 0 saturated carbocycles. The molecule has 2 heterocycles. The Morgan fingerprint density at radius 2 is 2.32 bits per heavy atom. The highest BCUT2D eigenvalue weighted by Crippen LogP contribution is 2.32. The monoisotopic (exact) mass is 342 g/mol. The Morgan fingerprint density at radius 3 is 3.08 bits per heavy atom. The van der Waals surface area contributed by atoms with Crippen molar-refractivity contribution in [3.8, 4) is 17.6 Å². The molecule has 2 aliphatic rings. The topological polar surface area (TPSA) is 71.4 Å². The van der Waals surface area contributed by atoms with Crippen molar-refractivity contribution in [1.82, 2.24) is 4.90 Å². The van der Waals surface area contributed by atoms with Gasteiger partial charge in [-0.1, -0.05) is 31.0 Å². The van der Waals surface area contributed by atoms with Gasteiger partial charge in [0.05, 0.1) is 12.5 Å². The molecule has 0 aromatic heterocycles. The lowest BCUT2D eigenvalue weighted by atomic mass is 10.0. The molecule has 1 N–H and O–H groups in total. The molecule has 1 amide bonds. The van der Waals surface area contributed by atoms with Gasteiger partial charge in [0.15, 0.2) is 0 Å². The van der Waals surface area contributed by atoms with E-state index in [0.717, 1.165) is 12.8 Å². The summed E-state index contributed by atoms with van der Waals surface area (Å²) in [6, 6.07) is 6.73. The van der Waals surface area contributed by atoms with E-state index in [0.29, 0.717) is 30.3 Å². The molecular weight excluding hydrogens is 320 g/mol. The lowest BCUT2D eigenvalue weighted by molar-refractivity contribution is -0.0254. The predicted molar refractivity (Wildman–Crippen MR) is 92.9 cm³/mol. The van der Waals surface area contributed by atoms with Gasteiger partial charge in [-0.3, -0.25) is 4.90 Å². The second-order valence-corrected chi connectivity index (χ2v) is 6.66. The summed E-state index contributed by atoms with van der Waals surface area (Å²) in [6.45, 7) is 5.16. The fourth-order valence-electron chi connectivity index (χ4n) is 2.84. The first-order chi connectivity index (χ1) is 12.0. The van der Waals surface area contributed by atoms with Crippen molar-refractivity contribution < 1.29 is 19.5 Å². The molecule has 1 aromatic rings. The molecule has 2 unspecified atom stereocenters. The van der Waals surface area contributed by atoms with Crippen LogP contribution in [0.1, 0.15) is 32.3 Å². The highest BCUT2D eigenvalue weighted by atomic mass is 16.7. The third-order valence-corrected chi connectivity index (χ3v) is 4.28. The van der Waals surface area contributed by atoms with Crippen molar-refractivity contribution in [3.63, 3.8) is 0 Å². The average molecular weight is 342 g/mol. The molecule has 2 atom stereocenters. The zero-order valence-electron chi connectivity index (χ0n) is 14.4. The van der Waals surface area contributed by atoms with E-state index in [1.807, 2.05) is 6.07 Å². The van der Waals surface area contributed by atoms with E-state index < -0.39 is 6.23 Å². The van der Waals surface area contributed by atoms with Crippen molar-refractivity contribution in [2.24, 2.45) is 17.0 Å². The Labute approximate surface area is 147 Å². The Balaban J connectivity index is 1.59. The van der Waals surface area contributed by atoms with Crippen LogP contribution in [-0.2, 0) is 9.57 Å². The van der Waals surface area contributed by atoms with Crippen LogP contribution in [0.25, 0.3) is 0 Å². The summed E-state index contributed by atoms with van der Waals surface area (Å²) < 4.78 is 5.31. The summed E-state index contributed by atoms with van der Waals surface area (Å²) in [5, 5.41) is 13.5. The average Bonchev–Trinajstić information content (AvgIpc) is 3.14. The lowest BCUT2D eigenvalue weighted by Gasteiger charge is -2.21. The van der Waals surface area contributed by atoms with Crippen LogP contribution >= 0.6 is 0 Å². The van der Waals surface area contributed by atoms with Crippen LogP contribution in [0.3, 0.4) is 0 Å². The molecule has 0 radical (unpaired) electrons. The van der Waals surface area contributed by atoms with Crippen LogP contribution in [0, 0.1) is 23.7 Å². The van der Waals surface area contributed by atoms with Crippen LogP contribution < -0.4 is 0 Å². The van der Waals surface area contributed by atoms with Crippen molar-refractivity contribution in [3.05, 3.63) is 29.8 Å². The molecule has 0 bridgehead atoms. The maximum atomic E-state index is 12.2. The molecule has 6 heteroatoms. The number of amides is 1. The van der Waals surface area contributed by atoms with Crippen LogP contribution in [-0.4, -0.2) is 41.2 Å². The number of nitrogens with zero attached hydrogens (tertiary/aromatic N) is 2. The van der Waals surface area contributed by atoms with Gasteiger partial charge in [0.25, 0.3) is 0 Å². The number of hydrogen-bond donors (Lipinski definition) is 1. The predicted octanol–water partition coefficient (Wildman–Crippen LogP) is 2.96. The third-order valence-electron chi connectivity index (χ3n) is 4.28. The number of phenolic OH excluding ortho intramolecular Hbond substituents is 1. The smallest absolute Gasteiger partial charge is 0.412 e. The fourth-order valence-corrected chi connectivity index (χ4v) is 2.84. The summed E-state index contributed by atoms with van der Waals surface area (Å²) in [4.78, 5) is 19.2. The van der Waals surface area contributed by atoms with Crippen LogP contribution in [0.2, 0.25) is 0 Å². The minimum absolute atomic E-state index is 0.0255. The van der Waals surface area contributed by atoms with E-state index in [4.69, 9.17) is 9.57 Å². The van der Waals surface area contributed by atoms with Gasteiger partial charge in [0.1, 0.15) is 11.5 Å². The highest BCUT2D eigenvalue weighted by molar-refractivity contribution is 6.03. The van der Waals surface area contributed by atoms with E-state index in [-0.39, 0.29) is 17.8 Å². The molecular formula is C19H22N2O4. The molecule has 0 aliphatic carbocycles. The van der Waals surface area contributed by atoms with Crippen LogP contribution in [0.4, 0.5) is 4.79 Å². The first kappa shape index (κ1) is 17.2. The Hall–Kier alpha value is -2.68. The van der Waals surface area contributed by atoms with Crippen LogP contribution in [0.5, 0.6) is 5.75 Å². The van der Waals surface area contributed by atoms with Gasteiger partial charge >= 0.3 is 6.09 Å². The summed E-state index contributed by atoms with van der Waals surface area (Å²) in [5.41, 5.74) is 1.33. The van der Waals surface area contributed by atoms with Gasteiger partial charge in [0.2, 0.25) is 6.23 Å². The number of hydrogen-bond acceptors (Lipinski definition) is 5. The van der Waals surface area contributed by atoms with Gasteiger partial charge in [0, 0.05) is 12.1 Å². The summed E-state index contributed by atoms with van der Waals surface area (Å²) in [5.74, 6) is 6.61.